The van der Waals surface area contributed by atoms with Crippen LogP contribution in [0.15, 0.2) is 52.3 Å². The zero-order valence-corrected chi connectivity index (χ0v) is 16.3. The predicted molar refractivity (Wildman–Crippen MR) is 98.8 cm³/mol. The van der Waals surface area contributed by atoms with Crippen molar-refractivity contribution >= 4 is 27.7 Å². The Labute approximate surface area is 165 Å². The van der Waals surface area contributed by atoms with E-state index in [-0.39, 0.29) is 42.7 Å². The first kappa shape index (κ1) is 20.7. The van der Waals surface area contributed by atoms with Gasteiger partial charge in [-0.05, 0) is 30.3 Å². The van der Waals surface area contributed by atoms with Gasteiger partial charge in [0.25, 0.3) is 0 Å². The van der Waals surface area contributed by atoms with Crippen molar-refractivity contribution in [3.05, 3.63) is 59.9 Å². The largest absolute Gasteiger partial charge is 0.339 e. The van der Waals surface area contributed by atoms with Crippen LogP contribution in [0.3, 0.4) is 0 Å². The van der Waals surface area contributed by atoms with Crippen LogP contribution < -0.4 is 0 Å². The van der Waals surface area contributed by atoms with E-state index >= 15 is 0 Å². The molecule has 0 atom stereocenters. The van der Waals surface area contributed by atoms with Gasteiger partial charge in [-0.2, -0.15) is 4.31 Å². The summed E-state index contributed by atoms with van der Waals surface area (Å²) in [6, 6.07) is 8.56. The van der Waals surface area contributed by atoms with Crippen molar-refractivity contribution in [2.45, 2.75) is 9.79 Å². The third-order valence-electron chi connectivity index (χ3n) is 4.31. The Hall–Kier alpha value is -2.04. The van der Waals surface area contributed by atoms with Gasteiger partial charge in [-0.1, -0.05) is 12.1 Å². The highest BCUT2D eigenvalue weighted by Crippen LogP contribution is 2.23. The van der Waals surface area contributed by atoms with Crippen molar-refractivity contribution in [3.63, 3.8) is 0 Å². The highest BCUT2D eigenvalue weighted by atomic mass is 32.2. The lowest BCUT2D eigenvalue weighted by molar-refractivity contribution is -0.129. The molecule has 0 radical (unpaired) electrons. The van der Waals surface area contributed by atoms with Gasteiger partial charge in [0.05, 0.1) is 10.6 Å². The van der Waals surface area contributed by atoms with Gasteiger partial charge in [0.2, 0.25) is 15.9 Å². The van der Waals surface area contributed by atoms with Crippen LogP contribution in [0, 0.1) is 17.5 Å². The van der Waals surface area contributed by atoms with E-state index in [9.17, 15) is 26.4 Å². The van der Waals surface area contributed by atoms with Gasteiger partial charge < -0.3 is 4.90 Å². The average Bonchev–Trinajstić information content (AvgIpc) is 2.69. The quantitative estimate of drug-likeness (QED) is 0.685. The molecule has 0 N–H and O–H groups in total. The van der Waals surface area contributed by atoms with Crippen LogP contribution in [0.1, 0.15) is 0 Å². The van der Waals surface area contributed by atoms with Gasteiger partial charge in [-0.25, -0.2) is 21.6 Å². The van der Waals surface area contributed by atoms with E-state index in [4.69, 9.17) is 0 Å². The minimum Gasteiger partial charge on any atom is -0.339 e. The summed E-state index contributed by atoms with van der Waals surface area (Å²) in [5.41, 5.74) is 0. The second-order valence-electron chi connectivity index (χ2n) is 6.08. The average molecular weight is 430 g/mol. The van der Waals surface area contributed by atoms with Gasteiger partial charge in [-0.3, -0.25) is 4.79 Å². The highest BCUT2D eigenvalue weighted by molar-refractivity contribution is 8.00. The summed E-state index contributed by atoms with van der Waals surface area (Å²) in [6.45, 7) is 0.411. The first-order chi connectivity index (χ1) is 13.3. The molecule has 2 aromatic rings. The predicted octanol–water partition coefficient (Wildman–Crippen LogP) is 2.73. The summed E-state index contributed by atoms with van der Waals surface area (Å²) < 4.78 is 66.3. The SMILES string of the molecule is O=C(CSc1ccccc1F)N1CCN(S(=O)(=O)c2ccc(F)c(F)c2)CC1. The monoisotopic (exact) mass is 430 g/mol. The van der Waals surface area contributed by atoms with Gasteiger partial charge in [0, 0.05) is 31.1 Å². The summed E-state index contributed by atoms with van der Waals surface area (Å²) in [5, 5.41) is 0. The Kier molecular flexibility index (Phi) is 6.31. The van der Waals surface area contributed by atoms with E-state index < -0.39 is 27.5 Å². The molecule has 0 saturated carbocycles. The van der Waals surface area contributed by atoms with E-state index in [0.29, 0.717) is 11.0 Å². The van der Waals surface area contributed by atoms with Crippen molar-refractivity contribution in [1.82, 2.24) is 9.21 Å². The van der Waals surface area contributed by atoms with E-state index in [2.05, 4.69) is 0 Å². The first-order valence-corrected chi connectivity index (χ1v) is 10.8. The number of sulfonamides is 1. The van der Waals surface area contributed by atoms with E-state index in [1.807, 2.05) is 0 Å². The van der Waals surface area contributed by atoms with Crippen molar-refractivity contribution < 1.29 is 26.4 Å². The van der Waals surface area contributed by atoms with Gasteiger partial charge in [0.15, 0.2) is 11.6 Å². The van der Waals surface area contributed by atoms with Crippen LogP contribution in [0.2, 0.25) is 0 Å². The Morgan fingerprint density at radius 1 is 0.929 bits per heavy atom. The molecule has 1 aliphatic rings. The number of hydrogen-bond acceptors (Lipinski definition) is 4. The summed E-state index contributed by atoms with van der Waals surface area (Å²) >= 11 is 1.08. The van der Waals surface area contributed by atoms with Crippen LogP contribution in [-0.2, 0) is 14.8 Å². The number of hydrogen-bond donors (Lipinski definition) is 0. The molecule has 1 saturated heterocycles. The highest BCUT2D eigenvalue weighted by Gasteiger charge is 2.30. The van der Waals surface area contributed by atoms with E-state index in [1.54, 1.807) is 18.2 Å². The molecule has 1 fully saturated rings. The fourth-order valence-corrected chi connectivity index (χ4v) is 5.03. The maximum Gasteiger partial charge on any atom is 0.243 e. The first-order valence-electron chi connectivity index (χ1n) is 8.39. The fraction of sp³-hybridized carbons (Fsp3) is 0.278. The number of carbonyl (C=O) groups excluding carboxylic acids is 1. The van der Waals surface area contributed by atoms with Crippen molar-refractivity contribution in [2.75, 3.05) is 31.9 Å². The molecule has 3 rings (SSSR count). The Bertz CT molecular complexity index is 978. The molecule has 150 valence electrons. The molecule has 5 nitrogen and oxygen atoms in total. The molecule has 2 aromatic carbocycles. The van der Waals surface area contributed by atoms with Gasteiger partial charge >= 0.3 is 0 Å². The molecular formula is C18H17F3N2O3S2. The molecule has 0 unspecified atom stereocenters. The summed E-state index contributed by atoms with van der Waals surface area (Å²) in [5.74, 6) is -2.95. The molecule has 0 spiro atoms. The maximum absolute atomic E-state index is 13.6. The second kappa shape index (κ2) is 8.54. The number of halogens is 3. The topological polar surface area (TPSA) is 57.7 Å². The maximum atomic E-state index is 13.6. The molecule has 10 heteroatoms. The Morgan fingerprint density at radius 2 is 1.61 bits per heavy atom. The van der Waals surface area contributed by atoms with Crippen molar-refractivity contribution in [1.29, 1.82) is 0 Å². The van der Waals surface area contributed by atoms with E-state index in [1.165, 1.54) is 11.0 Å². The Morgan fingerprint density at radius 3 is 2.25 bits per heavy atom. The molecule has 0 bridgehead atoms. The second-order valence-corrected chi connectivity index (χ2v) is 9.03. The number of rotatable bonds is 5. The lowest BCUT2D eigenvalue weighted by atomic mass is 10.3. The standard InChI is InChI=1S/C18H17F3N2O3S2/c19-14-6-5-13(11-16(14)21)28(25,26)23-9-7-22(8-10-23)18(24)12-27-17-4-2-1-3-15(17)20/h1-6,11H,7-10,12H2. The molecule has 0 aliphatic carbocycles. The molecule has 1 heterocycles. The van der Waals surface area contributed by atoms with Crippen molar-refractivity contribution in [2.24, 2.45) is 0 Å². The summed E-state index contributed by atoms with van der Waals surface area (Å²) in [4.78, 5) is 13.9. The molecule has 1 aliphatic heterocycles. The third-order valence-corrected chi connectivity index (χ3v) is 7.24. The number of piperazine rings is 1. The molecule has 1 amide bonds. The number of benzene rings is 2. The number of thioether (sulfide) groups is 1. The van der Waals surface area contributed by atoms with Crippen LogP contribution in [0.25, 0.3) is 0 Å². The number of nitrogens with zero attached hydrogens (tertiary/aromatic N) is 2. The number of amides is 1. The van der Waals surface area contributed by atoms with E-state index in [0.717, 1.165) is 28.2 Å². The van der Waals surface area contributed by atoms with Crippen LogP contribution in [0.5, 0.6) is 0 Å². The number of carbonyl (C=O) groups is 1. The molecular weight excluding hydrogens is 413 g/mol. The lowest BCUT2D eigenvalue weighted by Crippen LogP contribution is -2.51. The van der Waals surface area contributed by atoms with Crippen molar-refractivity contribution in [3.8, 4) is 0 Å². The molecule has 0 aromatic heterocycles. The smallest absolute Gasteiger partial charge is 0.243 e. The minimum atomic E-state index is -3.98. The van der Waals surface area contributed by atoms with Crippen LogP contribution in [0.4, 0.5) is 13.2 Å². The third kappa shape index (κ3) is 4.50. The molecule has 28 heavy (non-hydrogen) atoms. The summed E-state index contributed by atoms with van der Waals surface area (Å²) in [7, 11) is -3.98. The lowest BCUT2D eigenvalue weighted by Gasteiger charge is -2.34. The van der Waals surface area contributed by atoms with Crippen LogP contribution in [-0.4, -0.2) is 55.5 Å². The zero-order chi connectivity index (χ0) is 20.3. The summed E-state index contributed by atoms with van der Waals surface area (Å²) in [6.07, 6.45) is 0. The van der Waals surface area contributed by atoms with Gasteiger partial charge in [0.1, 0.15) is 5.82 Å². The van der Waals surface area contributed by atoms with Crippen LogP contribution >= 0.6 is 11.8 Å². The van der Waals surface area contributed by atoms with Gasteiger partial charge in [-0.15, -0.1) is 11.8 Å². The fourth-order valence-electron chi connectivity index (χ4n) is 2.76. The normalized spacial score (nSPS) is 15.6. The minimum absolute atomic E-state index is 0.0385. The Balaban J connectivity index is 1.58. The zero-order valence-electron chi connectivity index (χ0n) is 14.6.